The van der Waals surface area contributed by atoms with Crippen LogP contribution in [0.2, 0.25) is 0 Å². The van der Waals surface area contributed by atoms with Crippen molar-refractivity contribution in [3.63, 3.8) is 0 Å². The lowest BCUT2D eigenvalue weighted by molar-refractivity contribution is 0.112. The predicted octanol–water partition coefficient (Wildman–Crippen LogP) is 5.88. The van der Waals surface area contributed by atoms with Crippen LogP contribution in [0, 0.1) is 11.8 Å². The minimum absolute atomic E-state index is 0.710. The van der Waals surface area contributed by atoms with Gasteiger partial charge in [-0.25, -0.2) is 0 Å². The summed E-state index contributed by atoms with van der Waals surface area (Å²) in [6.07, 6.45) is 5.89. The Hall–Kier alpha value is -1.83. The van der Waals surface area contributed by atoms with Crippen LogP contribution in [-0.2, 0) is 0 Å². The van der Waals surface area contributed by atoms with Crippen molar-refractivity contribution in [3.8, 4) is 5.75 Å². The minimum atomic E-state index is 0.710. The molecular formula is C21H28O2. The van der Waals surface area contributed by atoms with Crippen molar-refractivity contribution < 1.29 is 9.53 Å². The molecule has 0 spiro atoms. The summed E-state index contributed by atoms with van der Waals surface area (Å²) in [6, 6.07) is 11.8. The Morgan fingerprint density at radius 3 is 2.43 bits per heavy atom. The average Bonchev–Trinajstić information content (AvgIpc) is 2.54. The normalized spacial score (nSPS) is 12.5. The molecule has 23 heavy (non-hydrogen) atoms. The summed E-state index contributed by atoms with van der Waals surface area (Å²) >= 11 is 0. The summed E-state index contributed by atoms with van der Waals surface area (Å²) in [5.41, 5.74) is 0.710. The van der Waals surface area contributed by atoms with Crippen LogP contribution in [0.5, 0.6) is 5.75 Å². The van der Waals surface area contributed by atoms with E-state index in [0.717, 1.165) is 41.8 Å². The molecule has 2 heteroatoms. The van der Waals surface area contributed by atoms with Gasteiger partial charge < -0.3 is 4.74 Å². The molecule has 0 aliphatic carbocycles. The Morgan fingerprint density at radius 2 is 1.70 bits per heavy atom. The first-order chi connectivity index (χ1) is 11.1. The van der Waals surface area contributed by atoms with E-state index >= 15 is 0 Å². The molecule has 0 radical (unpaired) electrons. The maximum absolute atomic E-state index is 10.8. The molecule has 2 aromatic carbocycles. The number of hydrogen-bond donors (Lipinski definition) is 0. The van der Waals surface area contributed by atoms with Gasteiger partial charge in [0.05, 0.1) is 6.61 Å². The van der Waals surface area contributed by atoms with Crippen molar-refractivity contribution in [2.75, 3.05) is 6.61 Å². The first-order valence-corrected chi connectivity index (χ1v) is 8.70. The van der Waals surface area contributed by atoms with Gasteiger partial charge in [-0.1, -0.05) is 58.2 Å². The summed E-state index contributed by atoms with van der Waals surface area (Å²) in [4.78, 5) is 10.8. The summed E-state index contributed by atoms with van der Waals surface area (Å²) in [5, 5.41) is 2.18. The van der Waals surface area contributed by atoms with Crippen LogP contribution in [-0.4, -0.2) is 12.9 Å². The Kier molecular flexibility index (Phi) is 6.64. The molecule has 0 aliphatic rings. The molecule has 0 heterocycles. The van der Waals surface area contributed by atoms with Crippen LogP contribution in [0.3, 0.4) is 0 Å². The van der Waals surface area contributed by atoms with Crippen LogP contribution in [0.25, 0.3) is 10.8 Å². The number of ether oxygens (including phenoxy) is 1. The van der Waals surface area contributed by atoms with E-state index < -0.39 is 0 Å². The van der Waals surface area contributed by atoms with Gasteiger partial charge in [0.1, 0.15) is 12.0 Å². The van der Waals surface area contributed by atoms with Crippen LogP contribution in [0.4, 0.5) is 0 Å². The summed E-state index contributed by atoms with van der Waals surface area (Å²) in [7, 11) is 0. The smallest absolute Gasteiger partial charge is 0.150 e. The number of benzene rings is 2. The van der Waals surface area contributed by atoms with Crippen LogP contribution in [0.1, 0.15) is 56.8 Å². The zero-order valence-electron chi connectivity index (χ0n) is 14.5. The minimum Gasteiger partial charge on any atom is -0.494 e. The van der Waals surface area contributed by atoms with E-state index in [-0.39, 0.29) is 0 Å². The number of fused-ring (bicyclic) bond motifs is 1. The van der Waals surface area contributed by atoms with E-state index in [1.807, 2.05) is 36.4 Å². The van der Waals surface area contributed by atoms with E-state index in [1.165, 1.54) is 19.3 Å². The van der Waals surface area contributed by atoms with Crippen molar-refractivity contribution in [1.82, 2.24) is 0 Å². The van der Waals surface area contributed by atoms with Gasteiger partial charge in [-0.15, -0.1) is 0 Å². The van der Waals surface area contributed by atoms with E-state index in [2.05, 4.69) is 20.8 Å². The molecule has 0 fully saturated rings. The first-order valence-electron chi connectivity index (χ1n) is 8.70. The highest BCUT2D eigenvalue weighted by molar-refractivity contribution is 5.89. The van der Waals surface area contributed by atoms with Gasteiger partial charge in [-0.05, 0) is 47.2 Å². The third-order valence-corrected chi connectivity index (χ3v) is 4.33. The molecule has 1 unspecified atom stereocenters. The maximum Gasteiger partial charge on any atom is 0.150 e. The second-order valence-electron chi connectivity index (χ2n) is 6.95. The van der Waals surface area contributed by atoms with Crippen molar-refractivity contribution in [3.05, 3.63) is 42.0 Å². The number of carbonyl (C=O) groups is 1. The van der Waals surface area contributed by atoms with E-state index in [4.69, 9.17) is 4.74 Å². The highest BCUT2D eigenvalue weighted by Gasteiger charge is 2.05. The second kappa shape index (κ2) is 8.71. The van der Waals surface area contributed by atoms with Gasteiger partial charge in [-0.3, -0.25) is 4.79 Å². The van der Waals surface area contributed by atoms with Crippen LogP contribution < -0.4 is 4.74 Å². The molecule has 2 aromatic rings. The Morgan fingerprint density at radius 1 is 0.957 bits per heavy atom. The summed E-state index contributed by atoms with van der Waals surface area (Å²) in [6.45, 7) is 7.64. The molecule has 0 saturated carbocycles. The lowest BCUT2D eigenvalue weighted by Gasteiger charge is -2.13. The number of aldehydes is 1. The predicted molar refractivity (Wildman–Crippen MR) is 97.3 cm³/mol. The topological polar surface area (TPSA) is 26.3 Å². The largest absolute Gasteiger partial charge is 0.494 e. The Bertz CT molecular complexity index is 631. The van der Waals surface area contributed by atoms with Crippen molar-refractivity contribution in [2.45, 2.75) is 46.5 Å². The SMILES string of the molecule is CC(C)CCCC(C)CCOc1ccc2cc(C=O)ccc2c1. The van der Waals surface area contributed by atoms with Gasteiger partial charge in [0.15, 0.2) is 0 Å². The molecule has 0 aromatic heterocycles. The fraction of sp³-hybridized carbons (Fsp3) is 0.476. The van der Waals surface area contributed by atoms with Gasteiger partial charge in [0.25, 0.3) is 0 Å². The van der Waals surface area contributed by atoms with Crippen molar-refractivity contribution in [2.24, 2.45) is 11.8 Å². The van der Waals surface area contributed by atoms with E-state index in [1.54, 1.807) is 0 Å². The average molecular weight is 312 g/mol. The van der Waals surface area contributed by atoms with Crippen molar-refractivity contribution in [1.29, 1.82) is 0 Å². The Balaban J connectivity index is 1.81. The van der Waals surface area contributed by atoms with Gasteiger partial charge in [-0.2, -0.15) is 0 Å². The monoisotopic (exact) mass is 312 g/mol. The molecule has 2 nitrogen and oxygen atoms in total. The maximum atomic E-state index is 10.8. The fourth-order valence-corrected chi connectivity index (χ4v) is 2.80. The molecule has 0 saturated heterocycles. The van der Waals surface area contributed by atoms with Crippen molar-refractivity contribution >= 4 is 17.1 Å². The zero-order chi connectivity index (χ0) is 16.7. The molecular weight excluding hydrogens is 284 g/mol. The molecule has 0 amide bonds. The zero-order valence-corrected chi connectivity index (χ0v) is 14.5. The lowest BCUT2D eigenvalue weighted by Crippen LogP contribution is -2.04. The van der Waals surface area contributed by atoms with Gasteiger partial charge in [0.2, 0.25) is 0 Å². The molecule has 1 atom stereocenters. The summed E-state index contributed by atoms with van der Waals surface area (Å²) in [5.74, 6) is 2.42. The molecule has 124 valence electrons. The quantitative estimate of drug-likeness (QED) is 0.540. The highest BCUT2D eigenvalue weighted by Crippen LogP contribution is 2.22. The van der Waals surface area contributed by atoms with Crippen LogP contribution in [0.15, 0.2) is 36.4 Å². The third kappa shape index (κ3) is 5.70. The van der Waals surface area contributed by atoms with Gasteiger partial charge in [0, 0.05) is 5.56 Å². The van der Waals surface area contributed by atoms with E-state index in [0.29, 0.717) is 11.5 Å². The third-order valence-electron chi connectivity index (χ3n) is 4.33. The molecule has 0 N–H and O–H groups in total. The Labute approximate surface area is 139 Å². The first kappa shape index (κ1) is 17.5. The second-order valence-corrected chi connectivity index (χ2v) is 6.95. The number of rotatable bonds is 9. The van der Waals surface area contributed by atoms with Crippen LogP contribution >= 0.6 is 0 Å². The summed E-state index contributed by atoms with van der Waals surface area (Å²) < 4.78 is 5.90. The molecule has 0 bridgehead atoms. The van der Waals surface area contributed by atoms with E-state index in [9.17, 15) is 4.79 Å². The molecule has 2 rings (SSSR count). The lowest BCUT2D eigenvalue weighted by atomic mass is 9.98. The number of carbonyl (C=O) groups excluding carboxylic acids is 1. The highest BCUT2D eigenvalue weighted by atomic mass is 16.5. The fourth-order valence-electron chi connectivity index (χ4n) is 2.80. The van der Waals surface area contributed by atoms with Gasteiger partial charge >= 0.3 is 0 Å². The standard InChI is InChI=1S/C21H28O2/c1-16(2)5-4-6-17(3)11-12-23-21-10-9-19-13-18(15-22)7-8-20(19)14-21/h7-10,13-17H,4-6,11-12H2,1-3H3. The number of hydrogen-bond acceptors (Lipinski definition) is 2. The molecule has 0 aliphatic heterocycles.